The second-order valence-electron chi connectivity index (χ2n) is 11.8. The van der Waals surface area contributed by atoms with Crippen molar-refractivity contribution in [3.8, 4) is 5.75 Å². The number of rotatable bonds is 3. The van der Waals surface area contributed by atoms with E-state index in [0.29, 0.717) is 11.1 Å². The van der Waals surface area contributed by atoms with Crippen LogP contribution < -0.4 is 5.73 Å². The number of hydrogen-bond acceptors (Lipinski definition) is 9. The van der Waals surface area contributed by atoms with Crippen LogP contribution in [0.1, 0.15) is 66.0 Å². The van der Waals surface area contributed by atoms with Crippen molar-refractivity contribution >= 4 is 34.8 Å². The van der Waals surface area contributed by atoms with Crippen molar-refractivity contribution in [1.29, 1.82) is 0 Å². The van der Waals surface area contributed by atoms with Crippen LogP contribution in [0.4, 0.5) is 0 Å². The number of carbonyl (C=O) groups excluding carboxylic acids is 6. The molecule has 10 nitrogen and oxygen atoms in total. The number of hydrogen-bond donors (Lipinski definition) is 3. The van der Waals surface area contributed by atoms with Gasteiger partial charge in [0.1, 0.15) is 5.75 Å². The molecule has 37 heavy (non-hydrogen) atoms. The largest absolute Gasteiger partial charge is 0.507 e. The van der Waals surface area contributed by atoms with Crippen molar-refractivity contribution in [1.82, 2.24) is 4.90 Å². The first-order valence-electron chi connectivity index (χ1n) is 12.2. The summed E-state index contributed by atoms with van der Waals surface area (Å²) in [6.07, 6.45) is -0.0121. The number of Topliss-reactive ketones (excluding diaryl/α,β-unsaturated/α-hetero) is 5. The molecule has 0 saturated heterocycles. The first-order chi connectivity index (χ1) is 17.0. The number of likely N-dealkylation sites (N-methyl/N-ethyl adjacent to an activating group) is 1. The summed E-state index contributed by atoms with van der Waals surface area (Å²) in [5.74, 6) is -11.4. The van der Waals surface area contributed by atoms with Gasteiger partial charge in [0.25, 0.3) is 0 Å². The van der Waals surface area contributed by atoms with Crippen molar-refractivity contribution in [2.45, 2.75) is 57.6 Å². The molecule has 198 valence electrons. The van der Waals surface area contributed by atoms with Crippen molar-refractivity contribution in [2.24, 2.45) is 29.4 Å². The minimum Gasteiger partial charge on any atom is -0.507 e. The Morgan fingerprint density at radius 1 is 1.11 bits per heavy atom. The second kappa shape index (κ2) is 8.39. The highest BCUT2D eigenvalue weighted by molar-refractivity contribution is 6.32. The summed E-state index contributed by atoms with van der Waals surface area (Å²) in [5, 5.41) is 22.8. The lowest BCUT2D eigenvalue weighted by molar-refractivity contribution is -0.181. The molecule has 1 aromatic carbocycles. The Morgan fingerprint density at radius 2 is 1.70 bits per heavy atom. The lowest BCUT2D eigenvalue weighted by Crippen LogP contribution is -2.74. The van der Waals surface area contributed by atoms with Crippen LogP contribution in [-0.2, 0) is 31.0 Å². The number of amides is 1. The standard InChI is InChI=1S/C27H32N2O8/c1-10(30)12-9-15(26(2,3)4)20(31)17-13(12)7-11-8-14-19(29(5)6)22(33)18(25(28)36)24(35)27(14,37)23(34)16(11)21(17)32/h9,11,14,16,18-19,31,37H,7-8H2,1-6H3,(H2,28,36). The highest BCUT2D eigenvalue weighted by Gasteiger charge is 2.69. The molecular weight excluding hydrogens is 480 g/mol. The van der Waals surface area contributed by atoms with Crippen molar-refractivity contribution in [3.05, 3.63) is 28.3 Å². The molecular formula is C27H32N2O8. The molecule has 0 bridgehead atoms. The molecule has 10 heteroatoms. The third-order valence-corrected chi connectivity index (χ3v) is 8.25. The van der Waals surface area contributed by atoms with Crippen LogP contribution in [0.2, 0.25) is 0 Å². The fourth-order valence-corrected chi connectivity index (χ4v) is 6.56. The van der Waals surface area contributed by atoms with Gasteiger partial charge in [-0.1, -0.05) is 20.8 Å². The summed E-state index contributed by atoms with van der Waals surface area (Å²) in [6, 6.07) is 0.393. The Morgan fingerprint density at radius 3 is 2.19 bits per heavy atom. The van der Waals surface area contributed by atoms with Gasteiger partial charge in [0.2, 0.25) is 5.91 Å². The first kappa shape index (κ1) is 26.8. The Bertz CT molecular complexity index is 1290. The number of benzene rings is 1. The molecule has 6 unspecified atom stereocenters. The number of carbonyl (C=O) groups is 6. The van der Waals surface area contributed by atoms with E-state index in [9.17, 15) is 39.0 Å². The zero-order chi connectivity index (χ0) is 27.9. The van der Waals surface area contributed by atoms with E-state index in [0.717, 1.165) is 0 Å². The monoisotopic (exact) mass is 512 g/mol. The molecule has 2 fully saturated rings. The molecule has 0 radical (unpaired) electrons. The highest BCUT2D eigenvalue weighted by Crippen LogP contribution is 2.52. The Kier molecular flexibility index (Phi) is 6.08. The number of aliphatic hydroxyl groups is 1. The minimum atomic E-state index is -2.78. The van der Waals surface area contributed by atoms with E-state index in [4.69, 9.17) is 5.73 Å². The maximum absolute atomic E-state index is 13.9. The van der Waals surface area contributed by atoms with Gasteiger partial charge in [0.05, 0.1) is 17.5 Å². The van der Waals surface area contributed by atoms with E-state index in [1.165, 1.54) is 25.9 Å². The smallest absolute Gasteiger partial charge is 0.235 e. The van der Waals surface area contributed by atoms with Crippen LogP contribution in [-0.4, -0.2) is 75.7 Å². The number of nitrogens with two attached hydrogens (primary N) is 1. The minimum absolute atomic E-state index is 0.0543. The second-order valence-corrected chi connectivity index (χ2v) is 11.8. The zero-order valence-corrected chi connectivity index (χ0v) is 21.7. The average molecular weight is 513 g/mol. The van der Waals surface area contributed by atoms with Gasteiger partial charge < -0.3 is 15.9 Å². The maximum Gasteiger partial charge on any atom is 0.235 e. The summed E-state index contributed by atoms with van der Waals surface area (Å²) < 4.78 is 0. The summed E-state index contributed by atoms with van der Waals surface area (Å²) in [6.45, 7) is 6.76. The number of phenolic OH excluding ortho intramolecular Hbond substituents is 1. The van der Waals surface area contributed by atoms with Gasteiger partial charge >= 0.3 is 0 Å². The van der Waals surface area contributed by atoms with E-state index >= 15 is 0 Å². The molecule has 3 aliphatic carbocycles. The van der Waals surface area contributed by atoms with Gasteiger partial charge in [-0.05, 0) is 56.8 Å². The SMILES string of the molecule is CC(=O)c1cc(C(C)(C)C)c(O)c2c1CC1CC3C(N(C)C)C(=O)C(C(N)=O)C(=O)C3(O)C(=O)C1C2=O. The topological polar surface area (TPSA) is 172 Å². The quantitative estimate of drug-likeness (QED) is 0.382. The molecule has 6 atom stereocenters. The molecule has 4 N–H and O–H groups in total. The Labute approximate surface area is 214 Å². The van der Waals surface area contributed by atoms with Gasteiger partial charge in [-0.2, -0.15) is 0 Å². The van der Waals surface area contributed by atoms with E-state index in [1.807, 2.05) is 0 Å². The van der Waals surface area contributed by atoms with E-state index in [-0.39, 0.29) is 35.5 Å². The predicted molar refractivity (Wildman–Crippen MR) is 130 cm³/mol. The van der Waals surface area contributed by atoms with Crippen LogP contribution in [0, 0.1) is 23.7 Å². The summed E-state index contributed by atoms with van der Waals surface area (Å²) in [5.41, 5.74) is 2.66. The molecule has 2 saturated carbocycles. The van der Waals surface area contributed by atoms with Crippen LogP contribution in [0.3, 0.4) is 0 Å². The Balaban J connectivity index is 1.94. The molecule has 0 spiro atoms. The van der Waals surface area contributed by atoms with Crippen LogP contribution in [0.15, 0.2) is 6.07 Å². The summed E-state index contributed by atoms with van der Waals surface area (Å²) >= 11 is 0. The zero-order valence-electron chi connectivity index (χ0n) is 21.7. The number of fused-ring (bicyclic) bond motifs is 3. The van der Waals surface area contributed by atoms with Crippen molar-refractivity contribution in [3.63, 3.8) is 0 Å². The predicted octanol–water partition coefficient (Wildman–Crippen LogP) is 0.367. The number of primary amides is 1. The number of nitrogens with zero attached hydrogens (tertiary/aromatic N) is 1. The third kappa shape index (κ3) is 3.60. The first-order valence-corrected chi connectivity index (χ1v) is 12.2. The average Bonchev–Trinajstić information content (AvgIpc) is 2.74. The van der Waals surface area contributed by atoms with E-state index < -0.39 is 69.8 Å². The number of aromatic hydroxyl groups is 1. The van der Waals surface area contributed by atoms with Crippen molar-refractivity contribution in [2.75, 3.05) is 14.1 Å². The fraction of sp³-hybridized carbons (Fsp3) is 0.556. The fourth-order valence-electron chi connectivity index (χ4n) is 6.56. The van der Waals surface area contributed by atoms with Gasteiger partial charge in [-0.15, -0.1) is 0 Å². The van der Waals surface area contributed by atoms with Gasteiger partial charge in [0.15, 0.2) is 40.4 Å². The highest BCUT2D eigenvalue weighted by atomic mass is 16.3. The van der Waals surface area contributed by atoms with Gasteiger partial charge in [-0.25, -0.2) is 0 Å². The molecule has 1 aromatic rings. The summed E-state index contributed by atoms with van der Waals surface area (Å²) in [7, 11) is 3.04. The van der Waals surface area contributed by atoms with E-state index in [2.05, 4.69) is 0 Å². The van der Waals surface area contributed by atoms with E-state index in [1.54, 1.807) is 26.8 Å². The van der Waals surface area contributed by atoms with Crippen LogP contribution >= 0.6 is 0 Å². The third-order valence-electron chi connectivity index (χ3n) is 8.25. The molecule has 4 rings (SSSR count). The van der Waals surface area contributed by atoms with Crippen molar-refractivity contribution < 1.29 is 39.0 Å². The summed E-state index contributed by atoms with van der Waals surface area (Å²) in [4.78, 5) is 80.3. The molecule has 0 aromatic heterocycles. The van der Waals surface area contributed by atoms with Gasteiger partial charge in [-0.3, -0.25) is 33.7 Å². The molecule has 0 aliphatic heterocycles. The molecule has 0 heterocycles. The lowest BCUT2D eigenvalue weighted by atomic mass is 9.52. The molecule has 1 amide bonds. The van der Waals surface area contributed by atoms with Crippen LogP contribution in [0.5, 0.6) is 5.75 Å². The normalized spacial score (nSPS) is 31.6. The Hall–Kier alpha value is -3.24. The maximum atomic E-state index is 13.9. The number of ketones is 5. The number of phenols is 1. The lowest BCUT2D eigenvalue weighted by Gasteiger charge is -2.52. The van der Waals surface area contributed by atoms with Gasteiger partial charge in [0, 0.05) is 17.0 Å². The van der Waals surface area contributed by atoms with Crippen LogP contribution in [0.25, 0.3) is 0 Å². The molecule has 3 aliphatic rings.